The molecule has 0 unspecified atom stereocenters. The summed E-state index contributed by atoms with van der Waals surface area (Å²) in [6, 6.07) is 16.1. The van der Waals surface area contributed by atoms with Gasteiger partial charge < -0.3 is 19.2 Å². The number of nitrogens with one attached hydrogen (secondary N) is 3. The molecule has 9 nitrogen and oxygen atoms in total. The summed E-state index contributed by atoms with van der Waals surface area (Å²) in [5.41, 5.74) is 5.87. The summed E-state index contributed by atoms with van der Waals surface area (Å²) in [6.07, 6.45) is 1.59. The molecule has 1 atom stereocenters. The summed E-state index contributed by atoms with van der Waals surface area (Å²) in [6.45, 7) is 0.840. The molecule has 164 valence electrons. The van der Waals surface area contributed by atoms with Crippen LogP contribution in [0, 0.1) is 0 Å². The maximum atomic E-state index is 12.8. The Labute approximate surface area is 183 Å². The molecule has 4 rings (SSSR count). The fourth-order valence-corrected chi connectivity index (χ4v) is 3.16. The van der Waals surface area contributed by atoms with Crippen LogP contribution in [0.3, 0.4) is 0 Å². The van der Waals surface area contributed by atoms with Gasteiger partial charge in [-0.2, -0.15) is 0 Å². The standard InChI is InChI=1S/C23H21N3O6/c27-21(16-8-9-18-20(14-16)32-12-11-31-18)25-26-22(28)17(13-15-5-2-1-3-6-15)24-23(29)19-7-4-10-30-19/h1-10,14,17H,11-13H2,(H,24,29)(H,25,27)(H,26,28)/t17-/m0/s1. The van der Waals surface area contributed by atoms with Crippen LogP contribution in [0.5, 0.6) is 11.5 Å². The number of hydrogen-bond acceptors (Lipinski definition) is 6. The van der Waals surface area contributed by atoms with Crippen LogP contribution in [0.15, 0.2) is 71.3 Å². The van der Waals surface area contributed by atoms with E-state index in [1.165, 1.54) is 18.4 Å². The largest absolute Gasteiger partial charge is 0.486 e. The van der Waals surface area contributed by atoms with Crippen LogP contribution in [0.4, 0.5) is 0 Å². The lowest BCUT2D eigenvalue weighted by atomic mass is 10.1. The Morgan fingerprint density at radius 2 is 1.62 bits per heavy atom. The molecule has 3 amide bonds. The topological polar surface area (TPSA) is 119 Å². The maximum Gasteiger partial charge on any atom is 0.287 e. The van der Waals surface area contributed by atoms with Crippen LogP contribution >= 0.6 is 0 Å². The van der Waals surface area contributed by atoms with E-state index in [9.17, 15) is 14.4 Å². The second-order valence-corrected chi connectivity index (χ2v) is 6.99. The summed E-state index contributed by atoms with van der Waals surface area (Å²) in [5, 5.41) is 2.64. The van der Waals surface area contributed by atoms with Crippen molar-refractivity contribution in [2.75, 3.05) is 13.2 Å². The Bertz CT molecular complexity index is 1100. The van der Waals surface area contributed by atoms with E-state index in [0.717, 1.165) is 5.56 Å². The molecule has 0 aliphatic carbocycles. The van der Waals surface area contributed by atoms with Gasteiger partial charge in [-0.25, -0.2) is 0 Å². The summed E-state index contributed by atoms with van der Waals surface area (Å²) in [5.74, 6) is -0.561. The minimum absolute atomic E-state index is 0.0798. The number of carbonyl (C=O) groups is 3. The summed E-state index contributed by atoms with van der Waals surface area (Å²) in [4.78, 5) is 37.7. The number of furan rings is 1. The number of benzene rings is 2. The van der Waals surface area contributed by atoms with Gasteiger partial charge in [0.25, 0.3) is 17.7 Å². The number of carbonyl (C=O) groups excluding carboxylic acids is 3. The van der Waals surface area contributed by atoms with Crippen molar-refractivity contribution in [3.05, 3.63) is 83.8 Å². The highest BCUT2D eigenvalue weighted by Crippen LogP contribution is 2.30. The molecule has 3 aromatic rings. The molecular formula is C23H21N3O6. The molecule has 0 radical (unpaired) electrons. The quantitative estimate of drug-likeness (QED) is 0.509. The summed E-state index contributed by atoms with van der Waals surface area (Å²) < 4.78 is 16.0. The average Bonchev–Trinajstić information content (AvgIpc) is 3.37. The Morgan fingerprint density at radius 1 is 0.844 bits per heavy atom. The van der Waals surface area contributed by atoms with E-state index < -0.39 is 23.8 Å². The molecule has 1 aromatic heterocycles. The van der Waals surface area contributed by atoms with Gasteiger partial charge in [0, 0.05) is 12.0 Å². The van der Waals surface area contributed by atoms with Gasteiger partial charge in [0.2, 0.25) is 0 Å². The van der Waals surface area contributed by atoms with Crippen molar-refractivity contribution in [2.24, 2.45) is 0 Å². The van der Waals surface area contributed by atoms with E-state index in [2.05, 4.69) is 16.2 Å². The molecule has 1 aliphatic heterocycles. The summed E-state index contributed by atoms with van der Waals surface area (Å²) in [7, 11) is 0. The van der Waals surface area contributed by atoms with Crippen LogP contribution in [-0.2, 0) is 11.2 Å². The van der Waals surface area contributed by atoms with Crippen molar-refractivity contribution in [2.45, 2.75) is 12.5 Å². The molecule has 9 heteroatoms. The van der Waals surface area contributed by atoms with Crippen molar-refractivity contribution >= 4 is 17.7 Å². The van der Waals surface area contributed by atoms with Gasteiger partial charge >= 0.3 is 0 Å². The highest BCUT2D eigenvalue weighted by atomic mass is 16.6. The molecule has 0 saturated heterocycles. The van der Waals surface area contributed by atoms with Crippen LogP contribution < -0.4 is 25.6 Å². The van der Waals surface area contributed by atoms with Gasteiger partial charge in [-0.1, -0.05) is 30.3 Å². The van der Waals surface area contributed by atoms with E-state index in [4.69, 9.17) is 13.9 Å². The van der Waals surface area contributed by atoms with Crippen molar-refractivity contribution in [3.8, 4) is 11.5 Å². The number of fused-ring (bicyclic) bond motifs is 1. The third kappa shape index (κ3) is 5.07. The lowest BCUT2D eigenvalue weighted by molar-refractivity contribution is -0.123. The van der Waals surface area contributed by atoms with Gasteiger partial charge in [-0.3, -0.25) is 25.2 Å². The normalized spacial score (nSPS) is 13.0. The zero-order valence-electron chi connectivity index (χ0n) is 17.0. The smallest absolute Gasteiger partial charge is 0.287 e. The van der Waals surface area contributed by atoms with Crippen LogP contribution in [-0.4, -0.2) is 37.0 Å². The van der Waals surface area contributed by atoms with Crippen LogP contribution in [0.1, 0.15) is 26.5 Å². The van der Waals surface area contributed by atoms with Crippen molar-refractivity contribution in [1.82, 2.24) is 16.2 Å². The van der Waals surface area contributed by atoms with Crippen molar-refractivity contribution < 1.29 is 28.3 Å². The van der Waals surface area contributed by atoms with E-state index in [0.29, 0.717) is 24.7 Å². The number of rotatable bonds is 6. The maximum absolute atomic E-state index is 12.8. The molecule has 0 spiro atoms. The van der Waals surface area contributed by atoms with Gasteiger partial charge in [-0.05, 0) is 35.9 Å². The van der Waals surface area contributed by atoms with Gasteiger partial charge in [-0.15, -0.1) is 0 Å². The Kier molecular flexibility index (Phi) is 6.35. The Balaban J connectivity index is 1.42. The molecular weight excluding hydrogens is 414 g/mol. The first-order chi connectivity index (χ1) is 15.6. The van der Waals surface area contributed by atoms with E-state index in [1.54, 1.807) is 18.2 Å². The van der Waals surface area contributed by atoms with Crippen molar-refractivity contribution in [1.29, 1.82) is 0 Å². The lowest BCUT2D eigenvalue weighted by Crippen LogP contribution is -2.53. The first-order valence-electron chi connectivity index (χ1n) is 9.98. The molecule has 3 N–H and O–H groups in total. The highest BCUT2D eigenvalue weighted by molar-refractivity contribution is 5.98. The van der Waals surface area contributed by atoms with E-state index in [1.807, 2.05) is 30.3 Å². The molecule has 2 aromatic carbocycles. The molecule has 2 heterocycles. The third-order valence-electron chi connectivity index (χ3n) is 4.75. The number of hydrogen-bond donors (Lipinski definition) is 3. The second-order valence-electron chi connectivity index (χ2n) is 6.99. The fraction of sp³-hybridized carbons (Fsp3) is 0.174. The highest BCUT2D eigenvalue weighted by Gasteiger charge is 2.24. The lowest BCUT2D eigenvalue weighted by Gasteiger charge is -2.20. The molecule has 0 fully saturated rings. The molecule has 0 bridgehead atoms. The predicted octanol–water partition coefficient (Wildman–Crippen LogP) is 1.85. The Hall–Kier alpha value is -4.27. The van der Waals surface area contributed by atoms with Crippen LogP contribution in [0.25, 0.3) is 0 Å². The van der Waals surface area contributed by atoms with Crippen molar-refractivity contribution in [3.63, 3.8) is 0 Å². The molecule has 1 aliphatic rings. The van der Waals surface area contributed by atoms with E-state index >= 15 is 0 Å². The summed E-state index contributed by atoms with van der Waals surface area (Å²) >= 11 is 0. The zero-order chi connectivity index (χ0) is 22.3. The Morgan fingerprint density at radius 3 is 2.38 bits per heavy atom. The third-order valence-corrected chi connectivity index (χ3v) is 4.75. The fourth-order valence-electron chi connectivity index (χ4n) is 3.16. The molecule has 0 saturated carbocycles. The van der Waals surface area contributed by atoms with Gasteiger partial charge in [0.1, 0.15) is 19.3 Å². The SMILES string of the molecule is O=C(NNC(=O)[C@H](Cc1ccccc1)NC(=O)c1ccco1)c1ccc2c(c1)OCCO2. The second kappa shape index (κ2) is 9.69. The van der Waals surface area contributed by atoms with Gasteiger partial charge in [0.05, 0.1) is 6.26 Å². The average molecular weight is 435 g/mol. The van der Waals surface area contributed by atoms with E-state index in [-0.39, 0.29) is 17.7 Å². The first-order valence-corrected chi connectivity index (χ1v) is 9.98. The van der Waals surface area contributed by atoms with Crippen LogP contribution in [0.2, 0.25) is 0 Å². The minimum atomic E-state index is -0.949. The monoisotopic (exact) mass is 435 g/mol. The number of amides is 3. The minimum Gasteiger partial charge on any atom is -0.486 e. The first kappa shape index (κ1) is 21.0. The zero-order valence-corrected chi connectivity index (χ0v) is 17.0. The molecule has 32 heavy (non-hydrogen) atoms. The van der Waals surface area contributed by atoms with Gasteiger partial charge in [0.15, 0.2) is 17.3 Å². The predicted molar refractivity (Wildman–Crippen MR) is 113 cm³/mol. The number of hydrazine groups is 1. The number of ether oxygens (including phenoxy) is 2.